The fourth-order valence-electron chi connectivity index (χ4n) is 2.46. The van der Waals surface area contributed by atoms with Gasteiger partial charge in [0.15, 0.2) is 16.6 Å². The van der Waals surface area contributed by atoms with Crippen LogP contribution in [0.2, 0.25) is 0 Å². The zero-order valence-electron chi connectivity index (χ0n) is 12.2. The molecule has 0 saturated heterocycles. The second-order valence-electron chi connectivity index (χ2n) is 4.61. The summed E-state index contributed by atoms with van der Waals surface area (Å²) in [6.07, 6.45) is 1.55. The number of hydrogen-bond donors (Lipinski definition) is 0. The van der Waals surface area contributed by atoms with Crippen molar-refractivity contribution in [2.24, 2.45) is 0 Å². The van der Waals surface area contributed by atoms with Gasteiger partial charge < -0.3 is 18.3 Å². The lowest BCUT2D eigenvalue weighted by Crippen LogP contribution is -2.06. The number of ether oxygens (including phenoxy) is 2. The highest BCUT2D eigenvalue weighted by Crippen LogP contribution is 2.42. The molecule has 0 spiro atoms. The van der Waals surface area contributed by atoms with Gasteiger partial charge in [-0.05, 0) is 26.8 Å². The van der Waals surface area contributed by atoms with Crippen LogP contribution in [-0.2, 0) is 0 Å². The monoisotopic (exact) mass is 288 g/mol. The minimum atomic E-state index is -0.152. The number of hydrogen-bond acceptors (Lipinski definition) is 5. The Morgan fingerprint density at radius 3 is 2.52 bits per heavy atom. The third kappa shape index (κ3) is 2.05. The number of aryl methyl sites for hydroxylation is 1. The predicted octanol–water partition coefficient (Wildman–Crippen LogP) is 3.65. The van der Waals surface area contributed by atoms with E-state index in [-0.39, 0.29) is 5.43 Å². The Balaban J connectivity index is 2.55. The minimum Gasteiger partial charge on any atom is -0.492 e. The van der Waals surface area contributed by atoms with Crippen molar-refractivity contribution in [3.63, 3.8) is 0 Å². The maximum atomic E-state index is 12.4. The molecule has 0 aliphatic rings. The van der Waals surface area contributed by atoms with Crippen LogP contribution < -0.4 is 14.9 Å². The molecule has 5 nitrogen and oxygen atoms in total. The summed E-state index contributed by atoms with van der Waals surface area (Å²) in [4.78, 5) is 12.4. The number of benzene rings is 1. The average Bonchev–Trinajstić information content (AvgIpc) is 2.91. The highest BCUT2D eigenvalue weighted by Gasteiger charge is 2.22. The molecule has 1 aromatic carbocycles. The van der Waals surface area contributed by atoms with E-state index in [4.69, 9.17) is 18.3 Å². The van der Waals surface area contributed by atoms with E-state index in [1.165, 1.54) is 6.07 Å². The molecule has 0 fully saturated rings. The highest BCUT2D eigenvalue weighted by molar-refractivity contribution is 6.06. The normalized spacial score (nSPS) is 11.2. The molecule has 2 heterocycles. The van der Waals surface area contributed by atoms with Crippen molar-refractivity contribution in [2.45, 2.75) is 20.8 Å². The first-order valence-corrected chi connectivity index (χ1v) is 6.90. The highest BCUT2D eigenvalue weighted by atomic mass is 16.5. The summed E-state index contributed by atoms with van der Waals surface area (Å²) in [7, 11) is 0. The number of rotatable bonds is 4. The number of furan rings is 1. The van der Waals surface area contributed by atoms with E-state index in [9.17, 15) is 4.79 Å². The van der Waals surface area contributed by atoms with Crippen molar-refractivity contribution in [2.75, 3.05) is 13.2 Å². The molecule has 0 aliphatic heterocycles. The Morgan fingerprint density at radius 2 is 1.81 bits per heavy atom. The van der Waals surface area contributed by atoms with Crippen LogP contribution in [0, 0.1) is 6.92 Å². The third-order valence-corrected chi connectivity index (χ3v) is 3.20. The van der Waals surface area contributed by atoms with Crippen molar-refractivity contribution >= 4 is 21.9 Å². The Morgan fingerprint density at radius 1 is 1.10 bits per heavy atom. The summed E-state index contributed by atoms with van der Waals surface area (Å²) in [5.41, 5.74) is 0.746. The molecule has 5 heteroatoms. The van der Waals surface area contributed by atoms with E-state index in [2.05, 4.69) is 0 Å². The Hall–Kier alpha value is -2.43. The first-order valence-electron chi connectivity index (χ1n) is 6.90. The molecule has 0 amide bonds. The molecule has 3 rings (SSSR count). The molecule has 2 aromatic heterocycles. The van der Waals surface area contributed by atoms with E-state index in [1.54, 1.807) is 19.3 Å². The van der Waals surface area contributed by atoms with Gasteiger partial charge in [-0.2, -0.15) is 0 Å². The fourth-order valence-corrected chi connectivity index (χ4v) is 2.46. The van der Waals surface area contributed by atoms with Crippen LogP contribution in [0.25, 0.3) is 21.9 Å². The summed E-state index contributed by atoms with van der Waals surface area (Å²) < 4.78 is 22.6. The summed E-state index contributed by atoms with van der Waals surface area (Å²) >= 11 is 0. The van der Waals surface area contributed by atoms with E-state index >= 15 is 0 Å². The van der Waals surface area contributed by atoms with Crippen LogP contribution in [0.15, 0.2) is 32.0 Å². The van der Waals surface area contributed by atoms with Gasteiger partial charge in [0.2, 0.25) is 5.75 Å². The molecular weight excluding hydrogens is 272 g/mol. The maximum Gasteiger partial charge on any atom is 0.206 e. The van der Waals surface area contributed by atoms with Gasteiger partial charge in [0.05, 0.1) is 24.9 Å². The lowest BCUT2D eigenvalue weighted by Gasteiger charge is -2.12. The summed E-state index contributed by atoms with van der Waals surface area (Å²) in [5, 5.41) is 1.10. The van der Waals surface area contributed by atoms with E-state index < -0.39 is 0 Å². The van der Waals surface area contributed by atoms with E-state index in [1.807, 2.05) is 13.8 Å². The minimum absolute atomic E-state index is 0.152. The second kappa shape index (κ2) is 5.16. The summed E-state index contributed by atoms with van der Waals surface area (Å²) in [6.45, 7) is 6.34. The van der Waals surface area contributed by atoms with Gasteiger partial charge in [-0.1, -0.05) is 0 Å². The second-order valence-corrected chi connectivity index (χ2v) is 4.61. The first-order chi connectivity index (χ1) is 10.2. The summed E-state index contributed by atoms with van der Waals surface area (Å²) in [6, 6.07) is 3.22. The van der Waals surface area contributed by atoms with Crippen molar-refractivity contribution in [1.29, 1.82) is 0 Å². The first kappa shape index (κ1) is 13.5. The Kier molecular flexibility index (Phi) is 3.33. The van der Waals surface area contributed by atoms with Gasteiger partial charge in [-0.3, -0.25) is 4.79 Å². The molecule has 0 radical (unpaired) electrons. The zero-order valence-corrected chi connectivity index (χ0v) is 12.2. The van der Waals surface area contributed by atoms with Crippen LogP contribution in [0.3, 0.4) is 0 Å². The summed E-state index contributed by atoms with van der Waals surface area (Å²) in [5.74, 6) is 1.44. The molecule has 0 aliphatic carbocycles. The average molecular weight is 288 g/mol. The molecule has 0 saturated carbocycles. The molecule has 110 valence electrons. The molecule has 0 N–H and O–H groups in total. The van der Waals surface area contributed by atoms with Crippen molar-refractivity contribution in [3.8, 4) is 11.5 Å². The fraction of sp³-hybridized carbons (Fsp3) is 0.312. The quantitative estimate of drug-likeness (QED) is 0.733. The topological polar surface area (TPSA) is 61.8 Å². The van der Waals surface area contributed by atoms with Gasteiger partial charge in [-0.15, -0.1) is 0 Å². The van der Waals surface area contributed by atoms with E-state index in [0.717, 1.165) is 0 Å². The van der Waals surface area contributed by atoms with Gasteiger partial charge >= 0.3 is 0 Å². The van der Waals surface area contributed by atoms with Crippen LogP contribution >= 0.6 is 0 Å². The van der Waals surface area contributed by atoms with Crippen LogP contribution in [-0.4, -0.2) is 13.2 Å². The lowest BCUT2D eigenvalue weighted by atomic mass is 10.1. The smallest absolute Gasteiger partial charge is 0.206 e. The Bertz CT molecular complexity index is 856. The van der Waals surface area contributed by atoms with Gasteiger partial charge in [-0.25, -0.2) is 0 Å². The number of fused-ring (bicyclic) bond motifs is 2. The molecule has 0 bridgehead atoms. The largest absolute Gasteiger partial charge is 0.492 e. The molecule has 3 aromatic rings. The van der Waals surface area contributed by atoms with E-state index in [0.29, 0.717) is 52.4 Å². The third-order valence-electron chi connectivity index (χ3n) is 3.20. The van der Waals surface area contributed by atoms with Crippen molar-refractivity contribution in [3.05, 3.63) is 34.4 Å². The SMILES string of the molecule is CCOc1c2occc2c(OCC)c2c(=O)cc(C)oc12. The van der Waals surface area contributed by atoms with Gasteiger partial charge in [0, 0.05) is 6.07 Å². The van der Waals surface area contributed by atoms with Crippen LogP contribution in [0.4, 0.5) is 0 Å². The van der Waals surface area contributed by atoms with Crippen molar-refractivity contribution in [1.82, 2.24) is 0 Å². The van der Waals surface area contributed by atoms with Gasteiger partial charge in [0.1, 0.15) is 16.9 Å². The zero-order chi connectivity index (χ0) is 15.0. The van der Waals surface area contributed by atoms with Crippen molar-refractivity contribution < 1.29 is 18.3 Å². The molecule has 21 heavy (non-hydrogen) atoms. The predicted molar refractivity (Wildman–Crippen MR) is 79.3 cm³/mol. The van der Waals surface area contributed by atoms with Gasteiger partial charge in [0.25, 0.3) is 0 Å². The lowest BCUT2D eigenvalue weighted by molar-refractivity contribution is 0.331. The standard InChI is InChI=1S/C16H16O5/c1-4-18-13-10-6-7-20-14(10)16(19-5-2)15-12(13)11(17)8-9(3)21-15/h6-8H,4-5H2,1-3H3. The van der Waals surface area contributed by atoms with Crippen LogP contribution in [0.1, 0.15) is 19.6 Å². The molecular formula is C16H16O5. The van der Waals surface area contributed by atoms with Crippen LogP contribution in [0.5, 0.6) is 11.5 Å². The Labute approximate surface area is 121 Å². The molecule has 0 unspecified atom stereocenters. The maximum absolute atomic E-state index is 12.4. The molecule has 0 atom stereocenters.